The quantitative estimate of drug-likeness (QED) is 0.522. The van der Waals surface area contributed by atoms with E-state index in [9.17, 15) is 9.18 Å². The van der Waals surface area contributed by atoms with Crippen LogP contribution in [-0.4, -0.2) is 62.4 Å². The molecule has 4 aromatic rings. The largest absolute Gasteiger partial charge is 0.367 e. The van der Waals surface area contributed by atoms with Crippen molar-refractivity contribution in [3.05, 3.63) is 60.1 Å². The molecule has 2 aliphatic heterocycles. The molecule has 1 atom stereocenters. The number of carbonyl (C=O) groups excluding carboxylic acids is 1. The van der Waals surface area contributed by atoms with E-state index in [0.29, 0.717) is 34.0 Å². The number of aryl methyl sites for hydroxylation is 1. The number of nitrogens with one attached hydrogen (secondary N) is 1. The molecule has 8 nitrogen and oxygen atoms in total. The van der Waals surface area contributed by atoms with Gasteiger partial charge in [0, 0.05) is 56.5 Å². The highest BCUT2D eigenvalue weighted by Gasteiger charge is 2.31. The third kappa shape index (κ3) is 3.48. The van der Waals surface area contributed by atoms with E-state index in [0.717, 1.165) is 25.3 Å². The zero-order valence-electron chi connectivity index (χ0n) is 18.3. The maximum Gasteiger partial charge on any atom is 0.257 e. The van der Waals surface area contributed by atoms with Crippen LogP contribution in [0.1, 0.15) is 28.9 Å². The predicted molar refractivity (Wildman–Crippen MR) is 124 cm³/mol. The minimum absolute atomic E-state index is 0.230. The van der Waals surface area contributed by atoms with E-state index in [4.69, 9.17) is 0 Å². The highest BCUT2D eigenvalue weighted by molar-refractivity contribution is 6.13. The van der Waals surface area contributed by atoms with Crippen LogP contribution in [0.5, 0.6) is 0 Å². The maximum atomic E-state index is 14.5. The Hall–Kier alpha value is -3.59. The number of benzene rings is 1. The van der Waals surface area contributed by atoms with Gasteiger partial charge in [-0.25, -0.2) is 9.37 Å². The van der Waals surface area contributed by atoms with E-state index in [2.05, 4.69) is 30.1 Å². The van der Waals surface area contributed by atoms with Crippen LogP contribution in [0.2, 0.25) is 0 Å². The van der Waals surface area contributed by atoms with Crippen molar-refractivity contribution in [3.63, 3.8) is 0 Å². The van der Waals surface area contributed by atoms with Gasteiger partial charge in [0.15, 0.2) is 11.5 Å². The molecule has 1 aromatic carbocycles. The fraction of sp³-hybridized carbons (Fsp3) is 0.333. The average molecular weight is 446 g/mol. The van der Waals surface area contributed by atoms with E-state index in [1.54, 1.807) is 42.2 Å². The van der Waals surface area contributed by atoms with Gasteiger partial charge in [0.1, 0.15) is 11.0 Å². The van der Waals surface area contributed by atoms with Crippen LogP contribution in [-0.2, 0) is 0 Å². The van der Waals surface area contributed by atoms with E-state index in [1.165, 1.54) is 25.5 Å². The Labute approximate surface area is 190 Å². The first-order chi connectivity index (χ1) is 16.1. The molecule has 9 heteroatoms. The molecule has 0 bridgehead atoms. The van der Waals surface area contributed by atoms with Crippen molar-refractivity contribution in [1.29, 1.82) is 0 Å². The van der Waals surface area contributed by atoms with Gasteiger partial charge in [-0.05, 0) is 38.4 Å². The summed E-state index contributed by atoms with van der Waals surface area (Å²) >= 11 is 0. The second-order valence-electron chi connectivity index (χ2n) is 8.81. The summed E-state index contributed by atoms with van der Waals surface area (Å²) in [5, 5.41) is 2.81. The standard InChI is InChI=1S/C24H24FN7O/c1-15-12-32-13-16(11-19(25)23(32)28-15)29-24(33)18-4-5-20(22-21(18)26-6-7-27-22)31-10-9-30-8-2-3-17(30)14-31/h4-7,11-13,17H,2-3,8-10,14H2,1H3,(H,29,33). The second kappa shape index (κ2) is 7.77. The van der Waals surface area contributed by atoms with Crippen molar-refractivity contribution < 1.29 is 9.18 Å². The molecule has 1 N–H and O–H groups in total. The number of piperazine rings is 1. The SMILES string of the molecule is Cc1cn2cc(NC(=O)c3ccc(N4CCN5CCCC5C4)c4nccnc34)cc(F)c2n1. The first-order valence-corrected chi connectivity index (χ1v) is 11.3. The molecule has 5 heterocycles. The molecule has 33 heavy (non-hydrogen) atoms. The minimum atomic E-state index is -0.494. The van der Waals surface area contributed by atoms with E-state index >= 15 is 0 Å². The molecule has 6 rings (SSSR count). The molecule has 0 aliphatic carbocycles. The first kappa shape index (κ1) is 20.0. The van der Waals surface area contributed by atoms with E-state index in [1.807, 2.05) is 6.07 Å². The molecule has 3 aromatic heterocycles. The Morgan fingerprint density at radius 2 is 1.97 bits per heavy atom. The third-order valence-electron chi connectivity index (χ3n) is 6.66. The van der Waals surface area contributed by atoms with Crippen molar-refractivity contribution in [2.45, 2.75) is 25.8 Å². The summed E-state index contributed by atoms with van der Waals surface area (Å²) < 4.78 is 16.0. The van der Waals surface area contributed by atoms with E-state index < -0.39 is 5.82 Å². The van der Waals surface area contributed by atoms with Gasteiger partial charge in [0.25, 0.3) is 5.91 Å². The van der Waals surface area contributed by atoms with Crippen LogP contribution < -0.4 is 10.2 Å². The van der Waals surface area contributed by atoms with Crippen molar-refractivity contribution in [3.8, 4) is 0 Å². The summed E-state index contributed by atoms with van der Waals surface area (Å²) in [6.07, 6.45) is 9.09. The fourth-order valence-electron chi connectivity index (χ4n) is 5.14. The number of hydrogen-bond donors (Lipinski definition) is 1. The summed E-state index contributed by atoms with van der Waals surface area (Å²) in [4.78, 5) is 31.3. The molecule has 0 saturated carbocycles. The van der Waals surface area contributed by atoms with Crippen LogP contribution in [0.4, 0.5) is 15.8 Å². The third-order valence-corrected chi connectivity index (χ3v) is 6.66. The van der Waals surface area contributed by atoms with E-state index in [-0.39, 0.29) is 11.6 Å². The summed E-state index contributed by atoms with van der Waals surface area (Å²) in [6, 6.07) is 5.60. The number of pyridine rings is 1. The molecule has 1 unspecified atom stereocenters. The molecule has 2 fully saturated rings. The molecule has 168 valence electrons. The van der Waals surface area contributed by atoms with Gasteiger partial charge in [-0.1, -0.05) is 0 Å². The van der Waals surface area contributed by atoms with Gasteiger partial charge in [-0.3, -0.25) is 19.7 Å². The fourth-order valence-corrected chi connectivity index (χ4v) is 5.14. The van der Waals surface area contributed by atoms with Crippen LogP contribution >= 0.6 is 0 Å². The smallest absolute Gasteiger partial charge is 0.257 e. The van der Waals surface area contributed by atoms with Gasteiger partial charge in [0.2, 0.25) is 0 Å². The molecule has 0 spiro atoms. The molecular weight excluding hydrogens is 421 g/mol. The molecule has 2 aliphatic rings. The van der Waals surface area contributed by atoms with Crippen molar-refractivity contribution in [1.82, 2.24) is 24.3 Å². The van der Waals surface area contributed by atoms with Gasteiger partial charge in [0.05, 0.1) is 22.6 Å². The lowest BCUT2D eigenvalue weighted by Gasteiger charge is -2.39. The number of nitrogens with zero attached hydrogens (tertiary/aromatic N) is 6. The molecule has 0 radical (unpaired) electrons. The Morgan fingerprint density at radius 3 is 2.85 bits per heavy atom. The highest BCUT2D eigenvalue weighted by atomic mass is 19.1. The number of carbonyl (C=O) groups is 1. The monoisotopic (exact) mass is 445 g/mol. The summed E-state index contributed by atoms with van der Waals surface area (Å²) in [6.45, 7) is 5.90. The molecule has 1 amide bonds. The van der Waals surface area contributed by atoms with Crippen molar-refractivity contribution in [2.24, 2.45) is 0 Å². The van der Waals surface area contributed by atoms with Crippen LogP contribution in [0.3, 0.4) is 0 Å². The zero-order chi connectivity index (χ0) is 22.5. The first-order valence-electron chi connectivity index (χ1n) is 11.3. The number of rotatable bonds is 3. The lowest BCUT2D eigenvalue weighted by atomic mass is 10.1. The maximum absolute atomic E-state index is 14.5. The van der Waals surface area contributed by atoms with Gasteiger partial charge in [-0.15, -0.1) is 0 Å². The number of imidazole rings is 1. The average Bonchev–Trinajstić information content (AvgIpc) is 3.43. The number of amides is 1. The number of hydrogen-bond acceptors (Lipinski definition) is 6. The highest BCUT2D eigenvalue weighted by Crippen LogP contribution is 2.31. The normalized spacial score (nSPS) is 18.7. The molecular formula is C24H24FN7O. The number of halogens is 1. The Balaban J connectivity index is 1.33. The van der Waals surface area contributed by atoms with Crippen LogP contribution in [0.15, 0.2) is 43.0 Å². The molecule has 2 saturated heterocycles. The second-order valence-corrected chi connectivity index (χ2v) is 8.81. The number of fused-ring (bicyclic) bond motifs is 3. The summed E-state index contributed by atoms with van der Waals surface area (Å²) in [7, 11) is 0. The van der Waals surface area contributed by atoms with Gasteiger partial charge in [-0.2, -0.15) is 0 Å². The Morgan fingerprint density at radius 1 is 1.12 bits per heavy atom. The summed E-state index contributed by atoms with van der Waals surface area (Å²) in [5.74, 6) is -0.852. The topological polar surface area (TPSA) is 78.7 Å². The van der Waals surface area contributed by atoms with Gasteiger partial charge < -0.3 is 14.6 Å². The van der Waals surface area contributed by atoms with Crippen molar-refractivity contribution >= 4 is 34.0 Å². The number of aromatic nitrogens is 4. The minimum Gasteiger partial charge on any atom is -0.367 e. The van der Waals surface area contributed by atoms with Crippen molar-refractivity contribution in [2.75, 3.05) is 36.4 Å². The lowest BCUT2D eigenvalue weighted by molar-refractivity contribution is 0.102. The van der Waals surface area contributed by atoms with Crippen LogP contribution in [0.25, 0.3) is 16.7 Å². The zero-order valence-corrected chi connectivity index (χ0v) is 18.3. The Kier molecular flexibility index (Phi) is 4.72. The van der Waals surface area contributed by atoms with Crippen LogP contribution in [0, 0.1) is 12.7 Å². The predicted octanol–water partition coefficient (Wildman–Crippen LogP) is 3.26. The Bertz CT molecular complexity index is 1380. The summed E-state index contributed by atoms with van der Waals surface area (Å²) in [5.41, 5.74) is 3.94. The van der Waals surface area contributed by atoms with Gasteiger partial charge >= 0.3 is 0 Å². The lowest BCUT2D eigenvalue weighted by Crippen LogP contribution is -2.50. The number of anilines is 2.